The Morgan fingerprint density at radius 2 is 1.71 bits per heavy atom. The fourth-order valence-corrected chi connectivity index (χ4v) is 3.59. The van der Waals surface area contributed by atoms with E-state index in [1.54, 1.807) is 0 Å². The minimum absolute atomic E-state index is 0.302. The third-order valence-corrected chi connectivity index (χ3v) is 4.56. The van der Waals surface area contributed by atoms with Crippen LogP contribution in [0, 0.1) is 0 Å². The molecule has 0 spiro atoms. The van der Waals surface area contributed by atoms with Crippen LogP contribution in [0.4, 0.5) is 0 Å². The lowest BCUT2D eigenvalue weighted by Crippen LogP contribution is -2.36. The van der Waals surface area contributed by atoms with Gasteiger partial charge in [-0.05, 0) is 5.56 Å². The van der Waals surface area contributed by atoms with Gasteiger partial charge in [0.1, 0.15) is 0 Å². The van der Waals surface area contributed by atoms with E-state index in [1.165, 1.54) is 0 Å². The van der Waals surface area contributed by atoms with E-state index in [0.29, 0.717) is 0 Å². The largest absolute Gasteiger partial charge is 0.481 e. The Labute approximate surface area is 85.6 Å². The summed E-state index contributed by atoms with van der Waals surface area (Å²) in [6.45, 7) is 6.25. The number of benzene rings is 1. The average molecular weight is 208 g/mol. The van der Waals surface area contributed by atoms with Gasteiger partial charge >= 0.3 is 5.97 Å². The van der Waals surface area contributed by atoms with Gasteiger partial charge in [0.15, 0.2) is 0 Å². The molecule has 0 aromatic heterocycles. The van der Waals surface area contributed by atoms with Crippen LogP contribution in [0.1, 0.15) is 11.1 Å². The molecule has 1 rings (SSSR count). The number of rotatable bonds is 3. The summed E-state index contributed by atoms with van der Waals surface area (Å²) in [5.74, 6) is -0.699. The number of carboxylic acid groups (broad SMARTS) is 1. The topological polar surface area (TPSA) is 37.3 Å². The highest BCUT2D eigenvalue weighted by Gasteiger charge is 2.33. The van der Waals surface area contributed by atoms with Crippen LogP contribution in [0.15, 0.2) is 30.3 Å². The second-order valence-corrected chi connectivity index (χ2v) is 9.86. The molecule has 0 amide bonds. The predicted molar refractivity (Wildman–Crippen MR) is 60.2 cm³/mol. The Morgan fingerprint density at radius 3 is 2.07 bits per heavy atom. The van der Waals surface area contributed by atoms with Crippen LogP contribution >= 0.6 is 0 Å². The van der Waals surface area contributed by atoms with Gasteiger partial charge in [-0.15, -0.1) is 0 Å². The molecule has 14 heavy (non-hydrogen) atoms. The Morgan fingerprint density at radius 1 is 1.21 bits per heavy atom. The summed E-state index contributed by atoms with van der Waals surface area (Å²) in [7, 11) is -1.69. The molecule has 0 aliphatic carbocycles. The summed E-state index contributed by atoms with van der Waals surface area (Å²) < 4.78 is 0. The van der Waals surface area contributed by atoms with Crippen LogP contribution < -0.4 is 0 Å². The molecule has 3 heteroatoms. The first-order chi connectivity index (χ1) is 6.43. The average Bonchev–Trinajstić information content (AvgIpc) is 2.02. The number of aliphatic carboxylic acids is 1. The SMILES string of the molecule is C[Si](C)(C)C(C(=O)O)c1ccccc1. The van der Waals surface area contributed by atoms with Crippen LogP contribution in [0.5, 0.6) is 0 Å². The monoisotopic (exact) mass is 208 g/mol. The van der Waals surface area contributed by atoms with Crippen molar-refractivity contribution in [3.8, 4) is 0 Å². The van der Waals surface area contributed by atoms with E-state index in [1.807, 2.05) is 30.3 Å². The van der Waals surface area contributed by atoms with Gasteiger partial charge in [0, 0.05) is 0 Å². The van der Waals surface area contributed by atoms with Gasteiger partial charge in [0.2, 0.25) is 0 Å². The molecule has 0 saturated carbocycles. The van der Waals surface area contributed by atoms with Crippen molar-refractivity contribution in [1.82, 2.24) is 0 Å². The fourth-order valence-electron chi connectivity index (χ4n) is 1.66. The molecule has 0 radical (unpaired) electrons. The highest BCUT2D eigenvalue weighted by molar-refractivity contribution is 6.80. The van der Waals surface area contributed by atoms with Crippen molar-refractivity contribution >= 4 is 14.0 Å². The van der Waals surface area contributed by atoms with Crippen LogP contribution in [-0.4, -0.2) is 19.1 Å². The number of hydrogen-bond acceptors (Lipinski definition) is 1. The first kappa shape index (κ1) is 11.0. The predicted octanol–water partition coefficient (Wildman–Crippen LogP) is 2.73. The second-order valence-electron chi connectivity index (χ2n) is 4.55. The molecule has 1 atom stereocenters. The molecular formula is C11H16O2Si. The lowest BCUT2D eigenvalue weighted by molar-refractivity contribution is -0.136. The third-order valence-electron chi connectivity index (χ3n) is 2.25. The quantitative estimate of drug-likeness (QED) is 0.775. The van der Waals surface area contributed by atoms with E-state index in [9.17, 15) is 9.90 Å². The number of carboxylic acids is 1. The first-order valence-corrected chi connectivity index (χ1v) is 8.28. The molecule has 1 aromatic rings. The minimum Gasteiger partial charge on any atom is -0.481 e. The van der Waals surface area contributed by atoms with E-state index in [-0.39, 0.29) is 5.54 Å². The van der Waals surface area contributed by atoms with Crippen molar-refractivity contribution in [2.45, 2.75) is 25.2 Å². The maximum atomic E-state index is 11.2. The minimum atomic E-state index is -1.69. The van der Waals surface area contributed by atoms with Crippen LogP contribution in [-0.2, 0) is 4.79 Å². The maximum Gasteiger partial charge on any atom is 0.308 e. The van der Waals surface area contributed by atoms with Gasteiger partial charge in [-0.3, -0.25) is 4.79 Å². The maximum absolute atomic E-state index is 11.2. The van der Waals surface area contributed by atoms with Crippen LogP contribution in [0.3, 0.4) is 0 Å². The van der Waals surface area contributed by atoms with Gasteiger partial charge in [-0.2, -0.15) is 0 Å². The van der Waals surface area contributed by atoms with E-state index in [0.717, 1.165) is 5.56 Å². The van der Waals surface area contributed by atoms with Crippen LogP contribution in [0.2, 0.25) is 19.6 Å². The lowest BCUT2D eigenvalue weighted by Gasteiger charge is -2.25. The molecule has 0 heterocycles. The molecular weight excluding hydrogens is 192 g/mol. The molecule has 76 valence electrons. The zero-order chi connectivity index (χ0) is 10.8. The van der Waals surface area contributed by atoms with Crippen molar-refractivity contribution in [1.29, 1.82) is 0 Å². The Kier molecular flexibility index (Phi) is 3.11. The highest BCUT2D eigenvalue weighted by Crippen LogP contribution is 2.26. The van der Waals surface area contributed by atoms with Gasteiger partial charge in [0.05, 0.1) is 13.6 Å². The Balaban J connectivity index is 3.08. The summed E-state index contributed by atoms with van der Waals surface area (Å²) in [5, 5.41) is 9.20. The van der Waals surface area contributed by atoms with E-state index < -0.39 is 14.0 Å². The molecule has 0 saturated heterocycles. The van der Waals surface area contributed by atoms with E-state index >= 15 is 0 Å². The van der Waals surface area contributed by atoms with Crippen LogP contribution in [0.25, 0.3) is 0 Å². The van der Waals surface area contributed by atoms with Gasteiger partial charge < -0.3 is 5.11 Å². The second kappa shape index (κ2) is 3.96. The summed E-state index contributed by atoms with van der Waals surface area (Å²) in [4.78, 5) is 11.2. The molecule has 1 N–H and O–H groups in total. The molecule has 1 aromatic carbocycles. The van der Waals surface area contributed by atoms with Gasteiger partial charge in [-0.25, -0.2) is 0 Å². The third kappa shape index (κ3) is 2.45. The zero-order valence-electron chi connectivity index (χ0n) is 8.82. The summed E-state index contributed by atoms with van der Waals surface area (Å²) >= 11 is 0. The van der Waals surface area contributed by atoms with E-state index in [2.05, 4.69) is 19.6 Å². The van der Waals surface area contributed by atoms with Crippen molar-refractivity contribution < 1.29 is 9.90 Å². The first-order valence-electron chi connectivity index (χ1n) is 4.70. The summed E-state index contributed by atoms with van der Waals surface area (Å²) in [5.41, 5.74) is 0.628. The lowest BCUT2D eigenvalue weighted by atomic mass is 10.1. The molecule has 0 aliphatic heterocycles. The summed E-state index contributed by atoms with van der Waals surface area (Å²) in [6.07, 6.45) is 0. The molecule has 2 nitrogen and oxygen atoms in total. The molecule has 0 fully saturated rings. The zero-order valence-corrected chi connectivity index (χ0v) is 9.82. The number of hydrogen-bond donors (Lipinski definition) is 1. The number of carbonyl (C=O) groups is 1. The van der Waals surface area contributed by atoms with Crippen molar-refractivity contribution in [2.75, 3.05) is 0 Å². The van der Waals surface area contributed by atoms with E-state index in [4.69, 9.17) is 0 Å². The van der Waals surface area contributed by atoms with Gasteiger partial charge in [0.25, 0.3) is 0 Å². The van der Waals surface area contributed by atoms with Crippen molar-refractivity contribution in [3.05, 3.63) is 35.9 Å². The Hall–Kier alpha value is -1.09. The van der Waals surface area contributed by atoms with Crippen molar-refractivity contribution in [3.63, 3.8) is 0 Å². The van der Waals surface area contributed by atoms with Gasteiger partial charge in [-0.1, -0.05) is 50.0 Å². The normalized spacial score (nSPS) is 13.6. The van der Waals surface area contributed by atoms with Crippen molar-refractivity contribution in [2.24, 2.45) is 0 Å². The highest BCUT2D eigenvalue weighted by atomic mass is 28.3. The molecule has 1 unspecified atom stereocenters. The molecule has 0 aliphatic rings. The Bertz CT molecular complexity index is 314. The smallest absolute Gasteiger partial charge is 0.308 e. The standard InChI is InChI=1S/C11H16O2Si/c1-14(2,3)10(11(12)13)9-7-5-4-6-8-9/h4-8,10H,1-3H3,(H,12,13). The fraction of sp³-hybridized carbons (Fsp3) is 0.364. The summed E-state index contributed by atoms with van der Waals surface area (Å²) in [6, 6.07) is 9.50. The molecule has 0 bridgehead atoms.